The van der Waals surface area contributed by atoms with Crippen LogP contribution >= 0.6 is 11.3 Å². The summed E-state index contributed by atoms with van der Waals surface area (Å²) in [5.41, 5.74) is 1.99. The number of aromatic hydroxyl groups is 3. The molecule has 1 heterocycles. The summed E-state index contributed by atoms with van der Waals surface area (Å²) in [5.74, 6) is -1.90. The smallest absolute Gasteiger partial charge is 0.249 e. The molecule has 0 unspecified atom stereocenters. The zero-order valence-electron chi connectivity index (χ0n) is 34.2. The molecule has 59 heavy (non-hydrogen) atoms. The van der Waals surface area contributed by atoms with Gasteiger partial charge in [-0.15, -0.1) is 11.3 Å². The van der Waals surface area contributed by atoms with E-state index in [4.69, 9.17) is 0 Å². The number of phenols is 3. The van der Waals surface area contributed by atoms with Crippen LogP contribution in [0, 0.1) is 0 Å². The van der Waals surface area contributed by atoms with Gasteiger partial charge in [0.1, 0.15) is 35.4 Å². The molecule has 1 aromatic heterocycles. The number of nitrogens with one attached hydrogen (secondary N) is 4. The van der Waals surface area contributed by atoms with Gasteiger partial charge in [0, 0.05) is 37.3 Å². The molecule has 13 heteroatoms. The van der Waals surface area contributed by atoms with Crippen LogP contribution in [0.4, 0.5) is 5.13 Å². The highest BCUT2D eigenvalue weighted by atomic mass is 32.1. The van der Waals surface area contributed by atoms with Gasteiger partial charge in [0.25, 0.3) is 0 Å². The number of aromatic nitrogens is 1. The van der Waals surface area contributed by atoms with Crippen LogP contribution in [-0.2, 0) is 38.4 Å². The first-order valence-corrected chi connectivity index (χ1v) is 21.9. The van der Waals surface area contributed by atoms with Crippen molar-refractivity contribution in [2.24, 2.45) is 0 Å². The lowest BCUT2D eigenvalue weighted by Crippen LogP contribution is -2.57. The second-order valence-corrected chi connectivity index (χ2v) is 16.1. The van der Waals surface area contributed by atoms with E-state index < -0.39 is 35.8 Å². The summed E-state index contributed by atoms with van der Waals surface area (Å²) in [4.78, 5) is 59.3. The topological polar surface area (TPSA) is 190 Å². The second-order valence-electron chi connectivity index (χ2n) is 15.2. The van der Waals surface area contributed by atoms with E-state index in [0.717, 1.165) is 19.3 Å². The predicted octanol–water partition coefficient (Wildman–Crippen LogP) is 7.86. The number of benzene rings is 3. The summed E-state index contributed by atoms with van der Waals surface area (Å²) in [6.07, 6.45) is 17.4. The molecule has 0 saturated heterocycles. The van der Waals surface area contributed by atoms with E-state index >= 15 is 0 Å². The Morgan fingerprint density at radius 2 is 0.898 bits per heavy atom. The molecular weight excluding hydrogens is 767 g/mol. The predicted molar refractivity (Wildman–Crippen MR) is 232 cm³/mol. The van der Waals surface area contributed by atoms with Crippen molar-refractivity contribution in [2.45, 2.75) is 134 Å². The molecule has 0 bridgehead atoms. The lowest BCUT2D eigenvalue weighted by Gasteiger charge is -2.26. The Labute approximate surface area is 352 Å². The molecule has 318 valence electrons. The Bertz CT molecular complexity index is 1840. The van der Waals surface area contributed by atoms with Gasteiger partial charge in [-0.3, -0.25) is 19.2 Å². The monoisotopic (exact) mass is 827 g/mol. The lowest BCUT2D eigenvalue weighted by molar-refractivity contribution is -0.133. The van der Waals surface area contributed by atoms with Crippen LogP contribution in [-0.4, -0.2) is 62.1 Å². The fourth-order valence-electron chi connectivity index (χ4n) is 6.82. The fraction of sp³-hybridized carbons (Fsp3) is 0.457. The van der Waals surface area contributed by atoms with Gasteiger partial charge in [-0.1, -0.05) is 120 Å². The molecule has 4 aromatic rings. The standard InChI is InChI=1S/C46H61N5O7S/c1-2-3-4-5-6-7-8-9-10-11-12-13-14-15-42(55)48-39(30-33-16-22-36(52)23-17-33)43(56)49-40(31-34-18-24-37(53)25-19-34)44(57)50-41(32-35-20-26-38(54)27-21-35)45(58)51-46-47-28-29-59-46/h16-29,39-41,52-54H,2-15,30-32H2,1H3,(H,48,55)(H,49,56)(H,50,57)(H,47,51,58)/t39-,40-,41-/m0/s1. The van der Waals surface area contributed by atoms with E-state index in [1.54, 1.807) is 48.0 Å². The van der Waals surface area contributed by atoms with Crippen LogP contribution in [0.5, 0.6) is 17.2 Å². The third kappa shape index (κ3) is 17.9. The van der Waals surface area contributed by atoms with E-state index in [2.05, 4.69) is 33.2 Å². The third-order valence-electron chi connectivity index (χ3n) is 10.2. The number of carbonyl (C=O) groups excluding carboxylic acids is 4. The Hall–Kier alpha value is -5.43. The zero-order chi connectivity index (χ0) is 42.2. The minimum absolute atomic E-state index is 0.0106. The number of hydrogen-bond donors (Lipinski definition) is 7. The van der Waals surface area contributed by atoms with Gasteiger partial charge in [0.15, 0.2) is 5.13 Å². The highest BCUT2D eigenvalue weighted by Crippen LogP contribution is 2.18. The number of unbranched alkanes of at least 4 members (excludes halogenated alkanes) is 12. The maximum atomic E-state index is 14.2. The molecule has 12 nitrogen and oxygen atoms in total. The van der Waals surface area contributed by atoms with Gasteiger partial charge in [-0.2, -0.15) is 0 Å². The summed E-state index contributed by atoms with van der Waals surface area (Å²) >= 11 is 1.22. The van der Waals surface area contributed by atoms with Crippen LogP contribution < -0.4 is 21.3 Å². The molecule has 0 aliphatic heterocycles. The van der Waals surface area contributed by atoms with Crippen LogP contribution in [0.25, 0.3) is 0 Å². The van der Waals surface area contributed by atoms with E-state index in [1.165, 1.54) is 106 Å². The zero-order valence-corrected chi connectivity index (χ0v) is 35.0. The highest BCUT2D eigenvalue weighted by Gasteiger charge is 2.31. The van der Waals surface area contributed by atoms with Crippen molar-refractivity contribution >= 4 is 40.1 Å². The molecule has 0 saturated carbocycles. The number of thiazole rings is 1. The summed E-state index contributed by atoms with van der Waals surface area (Å²) in [7, 11) is 0. The number of hydrogen-bond acceptors (Lipinski definition) is 9. The number of rotatable bonds is 27. The van der Waals surface area contributed by atoms with Crippen LogP contribution in [0.1, 0.15) is 114 Å². The van der Waals surface area contributed by atoms with Crippen LogP contribution in [0.3, 0.4) is 0 Å². The van der Waals surface area contributed by atoms with E-state index in [-0.39, 0.29) is 48.8 Å². The maximum Gasteiger partial charge on any atom is 0.249 e. The Kier molecular flexibility index (Phi) is 20.3. The third-order valence-corrected chi connectivity index (χ3v) is 10.9. The van der Waals surface area contributed by atoms with Crippen molar-refractivity contribution in [3.8, 4) is 17.2 Å². The largest absolute Gasteiger partial charge is 0.508 e. The molecule has 0 aliphatic carbocycles. The summed E-state index contributed by atoms with van der Waals surface area (Å²) in [5, 5.41) is 42.9. The van der Waals surface area contributed by atoms with Crippen molar-refractivity contribution in [1.29, 1.82) is 0 Å². The summed E-state index contributed by atoms with van der Waals surface area (Å²) < 4.78 is 0. The fourth-order valence-corrected chi connectivity index (χ4v) is 7.36. The van der Waals surface area contributed by atoms with Gasteiger partial charge >= 0.3 is 0 Å². The Morgan fingerprint density at radius 1 is 0.525 bits per heavy atom. The molecular formula is C46H61N5O7S. The molecule has 3 atom stereocenters. The van der Waals surface area contributed by atoms with Crippen molar-refractivity contribution < 1.29 is 34.5 Å². The number of nitrogens with zero attached hydrogens (tertiary/aromatic N) is 1. The SMILES string of the molecule is CCCCCCCCCCCCCCCC(=O)N[C@@H](Cc1ccc(O)cc1)C(=O)N[C@@H](Cc1ccc(O)cc1)C(=O)N[C@@H](Cc1ccc(O)cc1)C(=O)Nc1nccs1. The second kappa shape index (κ2) is 25.8. The first kappa shape index (κ1) is 46.3. The van der Waals surface area contributed by atoms with E-state index in [1.807, 2.05) is 0 Å². The maximum absolute atomic E-state index is 14.2. The molecule has 4 amide bonds. The number of anilines is 1. The normalized spacial score (nSPS) is 12.6. The van der Waals surface area contributed by atoms with Crippen molar-refractivity contribution in [2.75, 3.05) is 5.32 Å². The molecule has 4 rings (SSSR count). The lowest BCUT2D eigenvalue weighted by atomic mass is 10.0. The molecule has 0 fully saturated rings. The van der Waals surface area contributed by atoms with Crippen LogP contribution in [0.2, 0.25) is 0 Å². The highest BCUT2D eigenvalue weighted by molar-refractivity contribution is 7.13. The Balaban J connectivity index is 1.42. The van der Waals surface area contributed by atoms with Crippen molar-refractivity contribution in [1.82, 2.24) is 20.9 Å². The van der Waals surface area contributed by atoms with Crippen LogP contribution in [0.15, 0.2) is 84.4 Å². The molecule has 7 N–H and O–H groups in total. The average molecular weight is 828 g/mol. The van der Waals surface area contributed by atoms with E-state index in [9.17, 15) is 34.5 Å². The van der Waals surface area contributed by atoms with Crippen molar-refractivity contribution in [3.05, 3.63) is 101 Å². The molecule has 0 aliphatic rings. The number of amides is 4. The average Bonchev–Trinajstić information content (AvgIpc) is 3.74. The van der Waals surface area contributed by atoms with Gasteiger partial charge in [0.2, 0.25) is 23.6 Å². The Morgan fingerprint density at radius 3 is 1.29 bits per heavy atom. The first-order valence-electron chi connectivity index (χ1n) is 21.0. The quantitative estimate of drug-likeness (QED) is 0.0296. The van der Waals surface area contributed by atoms with Gasteiger partial charge in [-0.25, -0.2) is 4.98 Å². The van der Waals surface area contributed by atoms with Gasteiger partial charge in [-0.05, 0) is 59.5 Å². The number of carbonyl (C=O) groups is 4. The minimum Gasteiger partial charge on any atom is -0.508 e. The first-order chi connectivity index (χ1) is 28.6. The van der Waals surface area contributed by atoms with Gasteiger partial charge < -0.3 is 36.6 Å². The minimum atomic E-state index is -1.19. The van der Waals surface area contributed by atoms with Crippen molar-refractivity contribution in [3.63, 3.8) is 0 Å². The summed E-state index contributed by atoms with van der Waals surface area (Å²) in [6.45, 7) is 2.24. The summed E-state index contributed by atoms with van der Waals surface area (Å²) in [6, 6.07) is 15.5. The van der Waals surface area contributed by atoms with E-state index in [0.29, 0.717) is 28.2 Å². The van der Waals surface area contributed by atoms with Gasteiger partial charge in [0.05, 0.1) is 0 Å². The molecule has 3 aromatic carbocycles. The molecule has 0 radical (unpaired) electrons. The number of phenolic OH excluding ortho intramolecular Hbond substituents is 3. The molecule has 0 spiro atoms.